The van der Waals surface area contributed by atoms with E-state index < -0.39 is 110 Å². The molecule has 3 fully saturated rings. The fourth-order valence-electron chi connectivity index (χ4n) is 4.40. The van der Waals surface area contributed by atoms with Gasteiger partial charge in [-0.05, 0) is 0 Å². The van der Waals surface area contributed by atoms with Gasteiger partial charge in [-0.1, -0.05) is 0 Å². The predicted molar refractivity (Wildman–Crippen MR) is 102 cm³/mol. The summed E-state index contributed by atoms with van der Waals surface area (Å²) in [5, 5.41) is 121. The SMILES string of the molecule is O=C1OC(CO)(C2(O)OC(CO)C(O)C(O)C2O)C(=O)OC1(CO)C1(O)OC(CO)C(O)C(O)C1O. The first-order chi connectivity index (χ1) is 16.7. The predicted octanol–water partition coefficient (Wildman–Crippen LogP) is -9.13. The molecule has 3 saturated heterocycles. The molecule has 18 nitrogen and oxygen atoms in total. The number of aliphatic hydroxyl groups is 12. The van der Waals surface area contributed by atoms with E-state index in [-0.39, 0.29) is 0 Å². The molecule has 3 heterocycles. The first kappa shape index (κ1) is 28.9. The molecule has 18 heteroatoms. The monoisotopic (exact) mass is 532 g/mol. The quantitative estimate of drug-likeness (QED) is 0.141. The summed E-state index contributed by atoms with van der Waals surface area (Å²) in [6.45, 7) is -5.76. The first-order valence-corrected chi connectivity index (χ1v) is 10.5. The topological polar surface area (TPSA) is 314 Å². The van der Waals surface area contributed by atoms with Crippen molar-refractivity contribution in [2.24, 2.45) is 0 Å². The van der Waals surface area contributed by atoms with E-state index in [2.05, 4.69) is 0 Å². The van der Waals surface area contributed by atoms with Crippen LogP contribution in [0.3, 0.4) is 0 Å². The lowest BCUT2D eigenvalue weighted by molar-refractivity contribution is -0.427. The van der Waals surface area contributed by atoms with Gasteiger partial charge in [0.1, 0.15) is 48.8 Å². The van der Waals surface area contributed by atoms with E-state index in [0.29, 0.717) is 0 Å². The van der Waals surface area contributed by atoms with Gasteiger partial charge in [0.2, 0.25) is 11.6 Å². The normalized spacial score (nSPS) is 52.0. The van der Waals surface area contributed by atoms with E-state index in [1.807, 2.05) is 0 Å². The molecular weight excluding hydrogens is 504 g/mol. The van der Waals surface area contributed by atoms with Crippen molar-refractivity contribution in [3.63, 3.8) is 0 Å². The molecule has 12 N–H and O–H groups in total. The van der Waals surface area contributed by atoms with Gasteiger partial charge in [0.25, 0.3) is 11.2 Å². The maximum absolute atomic E-state index is 13.2. The van der Waals surface area contributed by atoms with Crippen LogP contribution in [0.15, 0.2) is 0 Å². The number of rotatable bonds is 6. The number of aliphatic hydroxyl groups excluding tert-OH is 10. The number of hydrogen-bond acceptors (Lipinski definition) is 18. The van der Waals surface area contributed by atoms with E-state index in [1.165, 1.54) is 0 Å². The molecule has 12 unspecified atom stereocenters. The smallest absolute Gasteiger partial charge is 0.360 e. The molecule has 0 amide bonds. The third-order valence-corrected chi connectivity index (χ3v) is 6.73. The summed E-state index contributed by atoms with van der Waals surface area (Å²) in [6, 6.07) is 0. The molecule has 0 aromatic rings. The fraction of sp³-hybridized carbons (Fsp3) is 0.889. The number of hydrogen-bond donors (Lipinski definition) is 12. The van der Waals surface area contributed by atoms with Crippen molar-refractivity contribution in [3.8, 4) is 0 Å². The Morgan fingerprint density at radius 3 is 1.14 bits per heavy atom. The highest BCUT2D eigenvalue weighted by Crippen LogP contribution is 2.47. The summed E-state index contributed by atoms with van der Waals surface area (Å²) in [7, 11) is 0. The Hall–Kier alpha value is -1.62. The zero-order valence-electron chi connectivity index (χ0n) is 18.3. The van der Waals surface area contributed by atoms with Crippen molar-refractivity contribution in [1.29, 1.82) is 0 Å². The number of carbonyl (C=O) groups is 2. The van der Waals surface area contributed by atoms with Gasteiger partial charge in [-0.3, -0.25) is 0 Å². The summed E-state index contributed by atoms with van der Waals surface area (Å²) < 4.78 is 19.5. The summed E-state index contributed by atoms with van der Waals surface area (Å²) >= 11 is 0. The summed E-state index contributed by atoms with van der Waals surface area (Å²) in [5.41, 5.74) is -7.00. The highest BCUT2D eigenvalue weighted by molar-refractivity contribution is 5.95. The number of cyclic esters (lactones) is 2. The minimum atomic E-state index is -3.62. The third kappa shape index (κ3) is 3.58. The molecule has 0 aromatic heterocycles. The maximum Gasteiger partial charge on any atom is 0.360 e. The van der Waals surface area contributed by atoms with Gasteiger partial charge in [0.15, 0.2) is 0 Å². The summed E-state index contributed by atoms with van der Waals surface area (Å²) in [6.07, 6.45) is -18.0. The standard InChI is InChI=1S/C18H28O18/c19-1-5-7(23)9(25)11(27)17(31,33-5)15(3-21)13(29)36-16(4-22,14(30)35-15)18(32)12(28)10(26)8(24)6(2-20)34-18/h5-12,19-28,31-32H,1-4H2. The highest BCUT2D eigenvalue weighted by Gasteiger charge is 2.79. The van der Waals surface area contributed by atoms with E-state index in [4.69, 9.17) is 18.9 Å². The molecular formula is C18H28O18. The van der Waals surface area contributed by atoms with E-state index in [1.54, 1.807) is 0 Å². The zero-order chi connectivity index (χ0) is 27.4. The second kappa shape index (κ2) is 9.60. The summed E-state index contributed by atoms with van der Waals surface area (Å²) in [4.78, 5) is 26.3. The van der Waals surface area contributed by atoms with Crippen LogP contribution in [0.5, 0.6) is 0 Å². The van der Waals surface area contributed by atoms with Crippen LogP contribution in [0.2, 0.25) is 0 Å². The van der Waals surface area contributed by atoms with Crippen LogP contribution in [0.25, 0.3) is 0 Å². The molecule has 0 spiro atoms. The van der Waals surface area contributed by atoms with Crippen molar-refractivity contribution >= 4 is 11.9 Å². The van der Waals surface area contributed by atoms with Gasteiger partial charge >= 0.3 is 11.9 Å². The van der Waals surface area contributed by atoms with Crippen LogP contribution in [0.1, 0.15) is 0 Å². The van der Waals surface area contributed by atoms with Gasteiger partial charge in [0, 0.05) is 0 Å². The lowest BCUT2D eigenvalue weighted by Gasteiger charge is -2.57. The molecule has 0 saturated carbocycles. The number of esters is 2. The minimum Gasteiger partial charge on any atom is -0.435 e. The molecule has 0 aromatic carbocycles. The summed E-state index contributed by atoms with van der Waals surface area (Å²) in [5.74, 6) is -11.4. The molecule has 36 heavy (non-hydrogen) atoms. The van der Waals surface area contributed by atoms with Crippen LogP contribution in [-0.4, -0.2) is 171 Å². The maximum atomic E-state index is 13.2. The molecule has 3 aliphatic rings. The Morgan fingerprint density at radius 1 is 0.583 bits per heavy atom. The molecule has 3 rings (SSSR count). The van der Waals surface area contributed by atoms with Crippen molar-refractivity contribution in [3.05, 3.63) is 0 Å². The van der Waals surface area contributed by atoms with E-state index >= 15 is 0 Å². The molecule has 12 atom stereocenters. The van der Waals surface area contributed by atoms with Crippen molar-refractivity contribution in [2.45, 2.75) is 71.6 Å². The van der Waals surface area contributed by atoms with E-state index in [0.717, 1.165) is 0 Å². The van der Waals surface area contributed by atoms with Crippen LogP contribution in [-0.2, 0) is 28.5 Å². The van der Waals surface area contributed by atoms with Crippen molar-refractivity contribution < 1.29 is 89.8 Å². The first-order valence-electron chi connectivity index (χ1n) is 10.5. The zero-order valence-corrected chi connectivity index (χ0v) is 18.3. The average molecular weight is 532 g/mol. The largest absolute Gasteiger partial charge is 0.435 e. The van der Waals surface area contributed by atoms with Crippen LogP contribution < -0.4 is 0 Å². The lowest BCUT2D eigenvalue weighted by atomic mass is 9.77. The lowest BCUT2D eigenvalue weighted by Crippen LogP contribution is -2.84. The molecule has 3 aliphatic heterocycles. The van der Waals surface area contributed by atoms with Gasteiger partial charge in [-0.2, -0.15) is 0 Å². The second-order valence-electron chi connectivity index (χ2n) is 8.67. The Bertz CT molecular complexity index is 784. The number of carbonyl (C=O) groups excluding carboxylic acids is 2. The van der Waals surface area contributed by atoms with Crippen molar-refractivity contribution in [2.75, 3.05) is 26.4 Å². The molecule has 0 radical (unpaired) electrons. The minimum absolute atomic E-state index is 1.12. The molecule has 208 valence electrons. The van der Waals surface area contributed by atoms with Crippen LogP contribution in [0.4, 0.5) is 0 Å². The Balaban J connectivity index is 2.09. The Labute approximate surface area is 200 Å². The Kier molecular flexibility index (Phi) is 7.72. The van der Waals surface area contributed by atoms with Gasteiger partial charge < -0.3 is 80.2 Å². The van der Waals surface area contributed by atoms with Gasteiger partial charge in [-0.25, -0.2) is 9.59 Å². The average Bonchev–Trinajstić information content (AvgIpc) is 2.86. The highest BCUT2D eigenvalue weighted by atomic mass is 16.8. The van der Waals surface area contributed by atoms with E-state index in [9.17, 15) is 70.9 Å². The van der Waals surface area contributed by atoms with Crippen molar-refractivity contribution in [1.82, 2.24) is 0 Å². The van der Waals surface area contributed by atoms with Gasteiger partial charge in [-0.15, -0.1) is 0 Å². The van der Waals surface area contributed by atoms with Crippen LogP contribution in [0, 0.1) is 0 Å². The van der Waals surface area contributed by atoms with Crippen LogP contribution >= 0.6 is 0 Å². The molecule has 0 aliphatic carbocycles. The fourth-order valence-corrected chi connectivity index (χ4v) is 4.40. The van der Waals surface area contributed by atoms with Gasteiger partial charge in [0.05, 0.1) is 26.4 Å². The third-order valence-electron chi connectivity index (χ3n) is 6.73. The second-order valence-corrected chi connectivity index (χ2v) is 8.67. The number of ether oxygens (including phenoxy) is 4. The Morgan fingerprint density at radius 2 is 0.889 bits per heavy atom. The molecule has 0 bridgehead atoms.